The van der Waals surface area contributed by atoms with Crippen molar-refractivity contribution in [3.63, 3.8) is 0 Å². The van der Waals surface area contributed by atoms with Crippen LogP contribution in [0.1, 0.15) is 13.8 Å². The van der Waals surface area contributed by atoms with Crippen LogP contribution in [-0.2, 0) is 14.0 Å². The molecule has 1 heterocycles. The first-order valence-electron chi connectivity index (χ1n) is 5.89. The standard InChI is InChI=1S/C11H16FNO7/c1-3(14)7(16)10-6(13-4(2)15)8(17)5(12)9(20-10)11(18)19/h3,5-8,10,14,16-17H,1-2H3,(H-,13,15,18,19)/p+1/t3-,5-,6-,7-,8+,10-/m1/s1. The van der Waals surface area contributed by atoms with E-state index in [0.29, 0.717) is 0 Å². The number of carboxylic acid groups (broad SMARTS) is 1. The van der Waals surface area contributed by atoms with E-state index >= 15 is 0 Å². The van der Waals surface area contributed by atoms with Crippen LogP contribution in [0, 0.1) is 0 Å². The van der Waals surface area contributed by atoms with Crippen LogP contribution in [0.3, 0.4) is 0 Å². The van der Waals surface area contributed by atoms with E-state index in [1.807, 2.05) is 0 Å². The lowest BCUT2D eigenvalue weighted by molar-refractivity contribution is -0.535. The van der Waals surface area contributed by atoms with E-state index in [4.69, 9.17) is 9.53 Å². The zero-order chi connectivity index (χ0) is 15.6. The topological polar surface area (TPSA) is 138 Å². The maximum atomic E-state index is 13.7. The first-order chi connectivity index (χ1) is 9.16. The van der Waals surface area contributed by atoms with Crippen molar-refractivity contribution in [3.8, 4) is 0 Å². The van der Waals surface area contributed by atoms with E-state index in [0.717, 1.165) is 6.92 Å². The van der Waals surface area contributed by atoms with Gasteiger partial charge < -0.3 is 25.7 Å². The van der Waals surface area contributed by atoms with Crippen molar-refractivity contribution < 1.29 is 38.8 Å². The first-order valence-corrected chi connectivity index (χ1v) is 5.89. The second-order valence-electron chi connectivity index (χ2n) is 4.60. The summed E-state index contributed by atoms with van der Waals surface area (Å²) in [4.78, 5) is 21.9. The molecule has 0 spiro atoms. The molecule has 0 aromatic carbocycles. The van der Waals surface area contributed by atoms with Gasteiger partial charge in [0, 0.05) is 6.92 Å². The summed E-state index contributed by atoms with van der Waals surface area (Å²) in [6.07, 6.45) is -8.73. The van der Waals surface area contributed by atoms with E-state index in [-0.39, 0.29) is 0 Å². The fraction of sp³-hybridized carbons (Fsp3) is 0.727. The number of hydrogen-bond acceptors (Lipinski definition) is 5. The summed E-state index contributed by atoms with van der Waals surface area (Å²) in [6, 6.07) is -1.39. The molecule has 114 valence electrons. The minimum atomic E-state index is -2.36. The molecule has 6 atom stereocenters. The maximum Gasteiger partial charge on any atom is 0.440 e. The predicted molar refractivity (Wildman–Crippen MR) is 62.6 cm³/mol. The van der Waals surface area contributed by atoms with Gasteiger partial charge in [-0.15, -0.1) is 0 Å². The molecule has 9 heteroatoms. The third kappa shape index (κ3) is 3.30. The van der Waals surface area contributed by atoms with Crippen LogP contribution < -0.4 is 5.32 Å². The smallest absolute Gasteiger partial charge is 0.440 e. The zero-order valence-electron chi connectivity index (χ0n) is 10.9. The third-order valence-electron chi connectivity index (χ3n) is 2.95. The molecule has 0 saturated heterocycles. The van der Waals surface area contributed by atoms with Crippen LogP contribution in [-0.4, -0.2) is 74.7 Å². The molecule has 1 amide bonds. The van der Waals surface area contributed by atoms with Gasteiger partial charge in [0.1, 0.15) is 6.10 Å². The number of aliphatic carboxylic acids is 1. The summed E-state index contributed by atoms with van der Waals surface area (Å²) < 4.78 is 18.6. The normalized spacial score (nSPS) is 33.0. The Bertz CT molecular complexity index is 425. The Morgan fingerprint density at radius 3 is 2.35 bits per heavy atom. The van der Waals surface area contributed by atoms with Gasteiger partial charge in [-0.1, -0.05) is 0 Å². The molecule has 0 saturated carbocycles. The van der Waals surface area contributed by atoms with Crippen LogP contribution in [0.25, 0.3) is 0 Å². The Kier molecular flexibility index (Phi) is 5.15. The molecule has 0 aliphatic carbocycles. The molecule has 1 aliphatic heterocycles. The third-order valence-corrected chi connectivity index (χ3v) is 2.95. The van der Waals surface area contributed by atoms with E-state index in [1.165, 1.54) is 6.92 Å². The van der Waals surface area contributed by atoms with Gasteiger partial charge in [-0.3, -0.25) is 4.79 Å². The SMILES string of the molecule is CC(=O)N[C@@H]1[C@@H](O)[C@@H](F)C(C(=O)O)=[O+][C@H]1[C@H](O)[C@@H](C)O. The quantitative estimate of drug-likeness (QED) is 0.287. The molecule has 1 aliphatic rings. The lowest BCUT2D eigenvalue weighted by Crippen LogP contribution is -2.64. The number of halogens is 1. The number of aliphatic hydroxyl groups is 3. The van der Waals surface area contributed by atoms with Gasteiger partial charge in [0.15, 0.2) is 12.1 Å². The molecule has 0 bridgehead atoms. The van der Waals surface area contributed by atoms with Crippen molar-refractivity contribution in [2.24, 2.45) is 0 Å². The molecule has 8 nitrogen and oxygen atoms in total. The van der Waals surface area contributed by atoms with Crippen molar-refractivity contribution in [2.75, 3.05) is 0 Å². The number of carbonyl (C=O) groups is 2. The number of hydrogen-bond donors (Lipinski definition) is 5. The Morgan fingerprint density at radius 1 is 1.40 bits per heavy atom. The van der Waals surface area contributed by atoms with Gasteiger partial charge in [-0.05, 0) is 6.92 Å². The van der Waals surface area contributed by atoms with Crippen molar-refractivity contribution in [3.05, 3.63) is 0 Å². The first kappa shape index (κ1) is 16.5. The number of alkyl halides is 1. The van der Waals surface area contributed by atoms with Crippen molar-refractivity contribution in [1.82, 2.24) is 5.32 Å². The van der Waals surface area contributed by atoms with Crippen molar-refractivity contribution in [2.45, 2.75) is 50.5 Å². The minimum Gasteiger partial charge on any atom is -0.471 e. The summed E-state index contributed by atoms with van der Waals surface area (Å²) in [7, 11) is 0. The fourth-order valence-corrected chi connectivity index (χ4v) is 1.94. The lowest BCUT2D eigenvalue weighted by Gasteiger charge is -2.30. The van der Waals surface area contributed by atoms with E-state index in [1.54, 1.807) is 0 Å². The van der Waals surface area contributed by atoms with Crippen molar-refractivity contribution >= 4 is 17.7 Å². The number of nitrogens with one attached hydrogen (secondary N) is 1. The molecule has 20 heavy (non-hydrogen) atoms. The van der Waals surface area contributed by atoms with Crippen LogP contribution >= 0.6 is 0 Å². The Balaban J connectivity index is 3.20. The van der Waals surface area contributed by atoms with Gasteiger partial charge >= 0.3 is 17.9 Å². The molecule has 0 unspecified atom stereocenters. The second-order valence-corrected chi connectivity index (χ2v) is 4.60. The predicted octanol–water partition coefficient (Wildman–Crippen LogP) is -2.50. The lowest BCUT2D eigenvalue weighted by atomic mass is 9.91. The summed E-state index contributed by atoms with van der Waals surface area (Å²) in [5, 5.41) is 39.8. The second kappa shape index (κ2) is 6.25. The molecular formula is C11H17FNO7+. The Labute approximate surface area is 113 Å². The number of carbonyl (C=O) groups excluding carboxylic acids is 2. The van der Waals surface area contributed by atoms with Crippen LogP contribution in [0.15, 0.2) is 0 Å². The van der Waals surface area contributed by atoms with E-state index < -0.39 is 54.3 Å². The van der Waals surface area contributed by atoms with Crippen molar-refractivity contribution in [1.29, 1.82) is 0 Å². The minimum absolute atomic E-state index is 0.633. The molecule has 0 aromatic heterocycles. The average molecular weight is 294 g/mol. The van der Waals surface area contributed by atoms with E-state index in [2.05, 4.69) is 5.32 Å². The van der Waals surface area contributed by atoms with Gasteiger partial charge in [0.2, 0.25) is 12.1 Å². The van der Waals surface area contributed by atoms with Gasteiger partial charge in [0.05, 0.1) is 6.10 Å². The summed E-state index contributed by atoms with van der Waals surface area (Å²) in [5.41, 5.74) is 0. The highest BCUT2D eigenvalue weighted by molar-refractivity contribution is 6.35. The maximum absolute atomic E-state index is 13.7. The molecule has 0 aromatic rings. The Hall–Kier alpha value is -1.58. The average Bonchev–Trinajstić information content (AvgIpc) is 2.33. The molecular weight excluding hydrogens is 277 g/mol. The van der Waals surface area contributed by atoms with Crippen LogP contribution in [0.2, 0.25) is 0 Å². The highest BCUT2D eigenvalue weighted by atomic mass is 19.1. The van der Waals surface area contributed by atoms with Crippen LogP contribution in [0.4, 0.5) is 4.39 Å². The number of rotatable bonds is 4. The highest BCUT2D eigenvalue weighted by Crippen LogP contribution is 2.20. The number of ketones is 1. The summed E-state index contributed by atoms with van der Waals surface area (Å²) in [6.45, 7) is 2.30. The molecule has 1 rings (SSSR count). The molecule has 0 fully saturated rings. The van der Waals surface area contributed by atoms with Gasteiger partial charge in [-0.25, -0.2) is 13.6 Å². The van der Waals surface area contributed by atoms with Gasteiger partial charge in [0.25, 0.3) is 0 Å². The number of amides is 1. The van der Waals surface area contributed by atoms with Crippen LogP contribution in [0.5, 0.6) is 0 Å². The molecule has 5 N–H and O–H groups in total. The van der Waals surface area contributed by atoms with Gasteiger partial charge in [-0.2, -0.15) is 0 Å². The summed E-state index contributed by atoms with van der Waals surface area (Å²) in [5.74, 6) is -3.45. The fourth-order valence-electron chi connectivity index (χ4n) is 1.94. The number of carboxylic acids is 1. The largest absolute Gasteiger partial charge is 0.471 e. The highest BCUT2D eigenvalue weighted by Gasteiger charge is 2.56. The monoisotopic (exact) mass is 294 g/mol. The van der Waals surface area contributed by atoms with E-state index in [9.17, 15) is 29.3 Å². The number of aliphatic hydroxyl groups excluding tert-OH is 3. The summed E-state index contributed by atoms with van der Waals surface area (Å²) >= 11 is 0. The molecule has 0 radical (unpaired) electrons. The Morgan fingerprint density at radius 2 is 1.95 bits per heavy atom. The zero-order valence-corrected chi connectivity index (χ0v) is 10.9.